The molecular formula is C13H13BrClN3O. The van der Waals surface area contributed by atoms with Crippen LogP contribution in [-0.2, 0) is 0 Å². The summed E-state index contributed by atoms with van der Waals surface area (Å²) in [6.07, 6.45) is 1.57. The van der Waals surface area contributed by atoms with Gasteiger partial charge in [0.15, 0.2) is 0 Å². The minimum atomic E-state index is 0.590. The maximum Gasteiger partial charge on any atom is 0.225 e. The zero-order valence-corrected chi connectivity index (χ0v) is 12.5. The van der Waals surface area contributed by atoms with Gasteiger partial charge in [-0.05, 0) is 12.1 Å². The van der Waals surface area contributed by atoms with E-state index in [4.69, 9.17) is 11.6 Å². The number of hydrogen-bond acceptors (Lipinski definition) is 3. The van der Waals surface area contributed by atoms with Gasteiger partial charge in [0.05, 0.1) is 10.4 Å². The Morgan fingerprint density at radius 1 is 1.32 bits per heavy atom. The average Bonchev–Trinajstić information content (AvgIpc) is 2.43. The highest BCUT2D eigenvalue weighted by molar-refractivity contribution is 9.10. The number of benzene rings is 1. The van der Waals surface area contributed by atoms with Gasteiger partial charge in [-0.3, -0.25) is 0 Å². The molecule has 1 aliphatic heterocycles. The van der Waals surface area contributed by atoms with Crippen molar-refractivity contribution >= 4 is 44.1 Å². The molecule has 1 aromatic heterocycles. The standard InChI is InChI=1S/C13H13BrClN3O/c14-9-1-2-11-10(7-9)13(15)12(8-18(11)19)17-5-3-16-4-6-17/h1-2,7-8,16H,3-6H2. The topological polar surface area (TPSA) is 42.2 Å². The van der Waals surface area contributed by atoms with Gasteiger partial charge in [-0.1, -0.05) is 27.5 Å². The monoisotopic (exact) mass is 341 g/mol. The Bertz CT molecular complexity index is 629. The van der Waals surface area contributed by atoms with Gasteiger partial charge in [0.2, 0.25) is 11.7 Å². The molecule has 1 N–H and O–H groups in total. The number of hydrogen-bond donors (Lipinski definition) is 1. The summed E-state index contributed by atoms with van der Waals surface area (Å²) in [5, 5.41) is 16.8. The molecule has 0 atom stereocenters. The highest BCUT2D eigenvalue weighted by atomic mass is 79.9. The van der Waals surface area contributed by atoms with Gasteiger partial charge in [0.25, 0.3) is 0 Å². The van der Waals surface area contributed by atoms with Crippen molar-refractivity contribution in [1.29, 1.82) is 0 Å². The van der Waals surface area contributed by atoms with E-state index in [-0.39, 0.29) is 0 Å². The summed E-state index contributed by atoms with van der Waals surface area (Å²) in [6.45, 7) is 3.54. The normalized spacial score (nSPS) is 16.0. The van der Waals surface area contributed by atoms with Crippen LogP contribution in [0.3, 0.4) is 0 Å². The lowest BCUT2D eigenvalue weighted by Crippen LogP contribution is -2.44. The number of rotatable bonds is 1. The first-order chi connectivity index (χ1) is 9.16. The lowest BCUT2D eigenvalue weighted by atomic mass is 10.2. The van der Waals surface area contributed by atoms with Crippen LogP contribution < -0.4 is 14.9 Å². The van der Waals surface area contributed by atoms with Crippen molar-refractivity contribution in [2.45, 2.75) is 0 Å². The Kier molecular flexibility index (Phi) is 3.52. The summed E-state index contributed by atoms with van der Waals surface area (Å²) in [5.41, 5.74) is 1.40. The van der Waals surface area contributed by atoms with E-state index in [9.17, 15) is 5.21 Å². The molecule has 1 aliphatic rings. The van der Waals surface area contributed by atoms with Crippen LogP contribution in [0.25, 0.3) is 10.9 Å². The molecule has 1 aromatic carbocycles. The van der Waals surface area contributed by atoms with Gasteiger partial charge in [-0.2, -0.15) is 4.73 Å². The summed E-state index contributed by atoms with van der Waals surface area (Å²) in [4.78, 5) is 2.15. The van der Waals surface area contributed by atoms with Crippen molar-refractivity contribution in [2.75, 3.05) is 31.1 Å². The van der Waals surface area contributed by atoms with Crippen LogP contribution in [0.15, 0.2) is 28.9 Å². The van der Waals surface area contributed by atoms with Gasteiger partial charge in [-0.15, -0.1) is 0 Å². The Labute approximate surface area is 124 Å². The first-order valence-electron chi connectivity index (χ1n) is 6.13. The van der Waals surface area contributed by atoms with E-state index in [0.29, 0.717) is 10.5 Å². The Balaban J connectivity index is 2.17. The molecule has 100 valence electrons. The van der Waals surface area contributed by atoms with E-state index in [2.05, 4.69) is 26.1 Å². The molecule has 2 aromatic rings. The molecule has 4 nitrogen and oxygen atoms in total. The third kappa shape index (κ3) is 2.38. The fourth-order valence-corrected chi connectivity index (χ4v) is 3.06. The predicted molar refractivity (Wildman–Crippen MR) is 80.7 cm³/mol. The van der Waals surface area contributed by atoms with E-state index in [1.165, 1.54) is 0 Å². The van der Waals surface area contributed by atoms with Gasteiger partial charge in [0, 0.05) is 36.7 Å². The van der Waals surface area contributed by atoms with Crippen LogP contribution in [0.5, 0.6) is 0 Å². The van der Waals surface area contributed by atoms with Crippen LogP contribution in [0.1, 0.15) is 0 Å². The molecule has 19 heavy (non-hydrogen) atoms. The number of pyridine rings is 1. The lowest BCUT2D eigenvalue weighted by Gasteiger charge is -2.29. The zero-order valence-electron chi connectivity index (χ0n) is 10.2. The predicted octanol–water partition coefficient (Wildman–Crippen LogP) is 2.30. The van der Waals surface area contributed by atoms with Gasteiger partial charge < -0.3 is 15.4 Å². The summed E-state index contributed by atoms with van der Waals surface area (Å²) in [6, 6.07) is 5.51. The number of fused-ring (bicyclic) bond motifs is 1. The Hall–Kier alpha value is -1.04. The van der Waals surface area contributed by atoms with E-state index >= 15 is 0 Å². The first-order valence-corrected chi connectivity index (χ1v) is 7.30. The van der Waals surface area contributed by atoms with Crippen molar-refractivity contribution in [3.05, 3.63) is 39.1 Å². The lowest BCUT2D eigenvalue weighted by molar-refractivity contribution is -0.576. The number of nitrogens with one attached hydrogen (secondary N) is 1. The molecule has 0 spiro atoms. The van der Waals surface area contributed by atoms with Gasteiger partial charge in [-0.25, -0.2) is 0 Å². The van der Waals surface area contributed by atoms with Crippen LogP contribution in [0, 0.1) is 5.21 Å². The third-order valence-corrected chi connectivity index (χ3v) is 4.25. The van der Waals surface area contributed by atoms with Crippen molar-refractivity contribution in [1.82, 2.24) is 5.32 Å². The average molecular weight is 343 g/mol. The second kappa shape index (κ2) is 5.15. The van der Waals surface area contributed by atoms with Crippen LogP contribution >= 0.6 is 27.5 Å². The number of nitrogens with zero attached hydrogens (tertiary/aromatic N) is 2. The quantitative estimate of drug-likeness (QED) is 0.639. The summed E-state index contributed by atoms with van der Waals surface area (Å²) >= 11 is 9.90. The largest absolute Gasteiger partial charge is 0.618 e. The molecule has 1 saturated heterocycles. The maximum atomic E-state index is 12.1. The SMILES string of the molecule is [O-][n+]1cc(N2CCNCC2)c(Cl)c2cc(Br)ccc21. The van der Waals surface area contributed by atoms with Gasteiger partial charge >= 0.3 is 0 Å². The fraction of sp³-hybridized carbons (Fsp3) is 0.308. The van der Waals surface area contributed by atoms with Crippen LogP contribution in [0.4, 0.5) is 5.69 Å². The summed E-state index contributed by atoms with van der Waals surface area (Å²) < 4.78 is 1.81. The van der Waals surface area contributed by atoms with Crippen molar-refractivity contribution in [2.24, 2.45) is 0 Å². The molecule has 0 amide bonds. The third-order valence-electron chi connectivity index (χ3n) is 3.35. The summed E-state index contributed by atoms with van der Waals surface area (Å²) in [5.74, 6) is 0. The van der Waals surface area contributed by atoms with Crippen molar-refractivity contribution in [3.63, 3.8) is 0 Å². The highest BCUT2D eigenvalue weighted by Crippen LogP contribution is 2.32. The highest BCUT2D eigenvalue weighted by Gasteiger charge is 2.20. The van der Waals surface area contributed by atoms with E-state index in [0.717, 1.165) is 46.5 Å². The molecule has 0 radical (unpaired) electrons. The van der Waals surface area contributed by atoms with Crippen LogP contribution in [-0.4, -0.2) is 26.2 Å². The second-order valence-corrected chi connectivity index (χ2v) is 5.85. The van der Waals surface area contributed by atoms with E-state index in [1.807, 2.05) is 12.1 Å². The minimum Gasteiger partial charge on any atom is -0.618 e. The molecule has 0 aliphatic carbocycles. The number of piperazine rings is 1. The molecule has 6 heteroatoms. The van der Waals surface area contributed by atoms with Crippen molar-refractivity contribution < 1.29 is 4.73 Å². The second-order valence-electron chi connectivity index (χ2n) is 4.55. The molecule has 2 heterocycles. The molecule has 0 bridgehead atoms. The van der Waals surface area contributed by atoms with Crippen LogP contribution in [0.2, 0.25) is 5.02 Å². The molecular weight excluding hydrogens is 330 g/mol. The Morgan fingerprint density at radius 3 is 2.79 bits per heavy atom. The molecule has 0 unspecified atom stereocenters. The molecule has 1 fully saturated rings. The number of aromatic nitrogens is 1. The summed E-state index contributed by atoms with van der Waals surface area (Å²) in [7, 11) is 0. The Morgan fingerprint density at radius 2 is 2.05 bits per heavy atom. The van der Waals surface area contributed by atoms with Gasteiger partial charge in [0.1, 0.15) is 5.69 Å². The fourth-order valence-electron chi connectivity index (χ4n) is 2.38. The number of halogens is 2. The van der Waals surface area contributed by atoms with E-state index in [1.54, 1.807) is 12.3 Å². The molecule has 0 saturated carbocycles. The first kappa shape index (κ1) is 13.0. The smallest absolute Gasteiger partial charge is 0.225 e. The maximum absolute atomic E-state index is 12.1. The minimum absolute atomic E-state index is 0.590. The molecule has 3 rings (SSSR count). The van der Waals surface area contributed by atoms with E-state index < -0.39 is 0 Å². The zero-order chi connectivity index (χ0) is 13.4. The number of anilines is 1. The van der Waals surface area contributed by atoms with Crippen molar-refractivity contribution in [3.8, 4) is 0 Å².